The molecule has 0 radical (unpaired) electrons. The molecule has 0 aliphatic carbocycles. The Labute approximate surface area is 112 Å². The number of hydrogen-bond acceptors (Lipinski definition) is 4. The molecule has 20 heavy (non-hydrogen) atoms. The molecule has 0 atom stereocenters. The van der Waals surface area contributed by atoms with Gasteiger partial charge in [0.15, 0.2) is 0 Å². The molecular formula is C4H14O12P4. The Morgan fingerprint density at radius 3 is 0.800 bits per heavy atom. The maximum atomic E-state index is 11.4. The Morgan fingerprint density at radius 2 is 0.750 bits per heavy atom. The molecule has 0 amide bonds. The molecule has 0 heterocycles. The summed E-state index contributed by atoms with van der Waals surface area (Å²) in [6, 6.07) is 0. The first-order valence-electron chi connectivity index (χ1n) is 4.47. The molecule has 0 rings (SSSR count). The van der Waals surface area contributed by atoms with E-state index in [-0.39, 0.29) is 13.8 Å². The van der Waals surface area contributed by atoms with Crippen molar-refractivity contribution in [1.29, 1.82) is 0 Å². The van der Waals surface area contributed by atoms with E-state index in [1.165, 1.54) is 0 Å². The van der Waals surface area contributed by atoms with Crippen LogP contribution in [0.4, 0.5) is 0 Å². The second kappa shape index (κ2) is 5.06. The van der Waals surface area contributed by atoms with Crippen molar-refractivity contribution in [2.45, 2.75) is 23.6 Å². The van der Waals surface area contributed by atoms with Gasteiger partial charge in [-0.05, 0) is 13.8 Å². The monoisotopic (exact) mass is 378 g/mol. The van der Waals surface area contributed by atoms with Crippen molar-refractivity contribution in [2.75, 3.05) is 0 Å². The SMILES string of the molecule is CC(C)(C(P(=O)(O)O)(P(=O)(O)O)P(=O)(O)O)P(=O)(O)O. The zero-order valence-corrected chi connectivity index (χ0v) is 13.6. The van der Waals surface area contributed by atoms with E-state index in [0.29, 0.717) is 0 Å². The molecule has 0 saturated carbocycles. The average Bonchev–Trinajstić information content (AvgIpc) is 1.89. The van der Waals surface area contributed by atoms with E-state index in [4.69, 9.17) is 39.1 Å². The summed E-state index contributed by atoms with van der Waals surface area (Å²) in [6.07, 6.45) is 0. The van der Waals surface area contributed by atoms with Crippen molar-refractivity contribution >= 4 is 30.4 Å². The van der Waals surface area contributed by atoms with Gasteiger partial charge in [0.25, 0.3) is 4.64 Å². The summed E-state index contributed by atoms with van der Waals surface area (Å²) in [4.78, 5) is 72.6. The van der Waals surface area contributed by atoms with Crippen LogP contribution in [0.3, 0.4) is 0 Å². The van der Waals surface area contributed by atoms with Gasteiger partial charge in [0.1, 0.15) is 5.16 Å². The summed E-state index contributed by atoms with van der Waals surface area (Å²) in [5.74, 6) is 0. The van der Waals surface area contributed by atoms with Crippen molar-refractivity contribution < 1.29 is 57.4 Å². The van der Waals surface area contributed by atoms with Gasteiger partial charge in [0, 0.05) is 0 Å². The van der Waals surface area contributed by atoms with Crippen LogP contribution in [0.25, 0.3) is 0 Å². The fraction of sp³-hybridized carbons (Fsp3) is 1.00. The van der Waals surface area contributed by atoms with Crippen LogP contribution in [-0.2, 0) is 18.3 Å². The number of rotatable bonds is 5. The van der Waals surface area contributed by atoms with Gasteiger partial charge in [-0.3, -0.25) is 18.3 Å². The van der Waals surface area contributed by atoms with Crippen molar-refractivity contribution in [2.24, 2.45) is 0 Å². The predicted octanol–water partition coefficient (Wildman–Crippen LogP) is -0.870. The van der Waals surface area contributed by atoms with Crippen LogP contribution in [0.2, 0.25) is 0 Å². The Kier molecular flexibility index (Phi) is 5.21. The standard InChI is InChI=1S/C4H14O12P4/c1-3(2,17(5,6)7)4(18(8,9)10,19(11,12)13)20(14,15)16/h1-2H3,(H2,5,6,7)(H2,8,9,10)(H2,11,12,13)(H2,14,15,16). The van der Waals surface area contributed by atoms with E-state index < -0.39 is 40.2 Å². The van der Waals surface area contributed by atoms with Crippen molar-refractivity contribution in [1.82, 2.24) is 0 Å². The molecule has 0 saturated heterocycles. The van der Waals surface area contributed by atoms with E-state index in [1.54, 1.807) is 0 Å². The first-order valence-corrected chi connectivity index (χ1v) is 10.9. The van der Waals surface area contributed by atoms with Crippen LogP contribution >= 0.6 is 30.4 Å². The third-order valence-electron chi connectivity index (χ3n) is 2.77. The van der Waals surface area contributed by atoms with E-state index in [2.05, 4.69) is 0 Å². The molecule has 0 aromatic carbocycles. The van der Waals surface area contributed by atoms with E-state index in [1.807, 2.05) is 0 Å². The lowest BCUT2D eigenvalue weighted by molar-refractivity contribution is 0.261. The summed E-state index contributed by atoms with van der Waals surface area (Å²) < 4.78 is 41.0. The lowest BCUT2D eigenvalue weighted by Gasteiger charge is -2.45. The van der Waals surface area contributed by atoms with E-state index >= 15 is 0 Å². The minimum atomic E-state index is -6.39. The van der Waals surface area contributed by atoms with Gasteiger partial charge in [-0.15, -0.1) is 0 Å². The highest BCUT2D eigenvalue weighted by atomic mass is 31.3. The maximum absolute atomic E-state index is 11.4. The zero-order chi connectivity index (χ0) is 17.0. The molecule has 0 bridgehead atoms. The summed E-state index contributed by atoms with van der Waals surface area (Å²) in [6.45, 7) is 0.510. The van der Waals surface area contributed by atoms with Crippen molar-refractivity contribution in [3.8, 4) is 0 Å². The second-order valence-corrected chi connectivity index (χ2v) is 12.9. The lowest BCUT2D eigenvalue weighted by Crippen LogP contribution is -2.48. The molecule has 0 aromatic heterocycles. The minimum Gasteiger partial charge on any atom is -0.324 e. The topological polar surface area (TPSA) is 230 Å². The highest BCUT2D eigenvalue weighted by molar-refractivity contribution is 7.90. The molecule has 16 heteroatoms. The molecule has 8 N–H and O–H groups in total. The van der Waals surface area contributed by atoms with Crippen LogP contribution in [0, 0.1) is 0 Å². The third-order valence-corrected chi connectivity index (χ3v) is 13.9. The van der Waals surface area contributed by atoms with Gasteiger partial charge >= 0.3 is 30.4 Å². The molecule has 0 aromatic rings. The van der Waals surface area contributed by atoms with Crippen molar-refractivity contribution in [3.05, 3.63) is 0 Å². The fourth-order valence-corrected chi connectivity index (χ4v) is 10.7. The molecule has 0 spiro atoms. The second-order valence-electron chi connectivity index (χ2n) is 4.37. The van der Waals surface area contributed by atoms with Gasteiger partial charge in [-0.1, -0.05) is 0 Å². The predicted molar refractivity (Wildman–Crippen MR) is 65.0 cm³/mol. The van der Waals surface area contributed by atoms with Gasteiger partial charge in [0.2, 0.25) is 0 Å². The normalized spacial score (nSPS) is 16.3. The van der Waals surface area contributed by atoms with Gasteiger partial charge < -0.3 is 39.1 Å². The molecule has 12 nitrogen and oxygen atoms in total. The van der Waals surface area contributed by atoms with Gasteiger partial charge in [-0.25, -0.2) is 0 Å². The smallest absolute Gasteiger partial charge is 0.324 e. The van der Waals surface area contributed by atoms with Crippen LogP contribution in [0.5, 0.6) is 0 Å². The van der Waals surface area contributed by atoms with Crippen LogP contribution in [0.1, 0.15) is 13.8 Å². The first kappa shape index (κ1) is 20.6. The Balaban J connectivity index is 7.21. The molecule has 0 unspecified atom stereocenters. The molecule has 122 valence electrons. The molecule has 0 fully saturated rings. The largest absolute Gasteiger partial charge is 0.357 e. The Hall–Kier alpha value is 0.600. The average molecular weight is 378 g/mol. The fourth-order valence-electron chi connectivity index (χ4n) is 1.77. The minimum absolute atomic E-state index is 0.255. The van der Waals surface area contributed by atoms with E-state index in [0.717, 1.165) is 0 Å². The van der Waals surface area contributed by atoms with Gasteiger partial charge in [0.05, 0.1) is 0 Å². The van der Waals surface area contributed by atoms with Gasteiger partial charge in [-0.2, -0.15) is 0 Å². The van der Waals surface area contributed by atoms with Crippen molar-refractivity contribution in [3.63, 3.8) is 0 Å². The third kappa shape index (κ3) is 2.77. The Bertz CT molecular complexity index is 511. The summed E-state index contributed by atoms with van der Waals surface area (Å²) in [5, 5.41) is -3.42. The highest BCUT2D eigenvalue weighted by Crippen LogP contribution is 2.90. The molecule has 0 aliphatic rings. The summed E-state index contributed by atoms with van der Waals surface area (Å²) in [5.41, 5.74) is 0. The van der Waals surface area contributed by atoms with E-state index in [9.17, 15) is 18.3 Å². The molecular weight excluding hydrogens is 364 g/mol. The Morgan fingerprint density at radius 1 is 0.550 bits per heavy atom. The van der Waals surface area contributed by atoms with Crippen LogP contribution < -0.4 is 0 Å². The highest BCUT2D eigenvalue weighted by Gasteiger charge is 2.82. The quantitative estimate of drug-likeness (QED) is 0.273. The first-order chi connectivity index (χ1) is 8.25. The lowest BCUT2D eigenvalue weighted by atomic mass is 10.2. The summed E-state index contributed by atoms with van der Waals surface area (Å²) in [7, 11) is -24.9. The maximum Gasteiger partial charge on any atom is 0.357 e. The number of hydrogen-bond donors (Lipinski definition) is 8. The molecule has 0 aliphatic heterocycles. The van der Waals surface area contributed by atoms with Crippen LogP contribution in [-0.4, -0.2) is 48.9 Å². The van der Waals surface area contributed by atoms with Crippen LogP contribution in [0.15, 0.2) is 0 Å². The summed E-state index contributed by atoms with van der Waals surface area (Å²) >= 11 is 0. The zero-order valence-electron chi connectivity index (χ0n) is 10.00.